The zero-order chi connectivity index (χ0) is 22.4. The minimum Gasteiger partial charge on any atom is -0.357 e. The number of aromatic nitrogens is 3. The highest BCUT2D eigenvalue weighted by Gasteiger charge is 2.22. The van der Waals surface area contributed by atoms with E-state index in [1.807, 2.05) is 49.6 Å². The Morgan fingerprint density at radius 2 is 1.84 bits per heavy atom. The summed E-state index contributed by atoms with van der Waals surface area (Å²) in [6, 6.07) is 12.5. The van der Waals surface area contributed by atoms with Crippen molar-refractivity contribution in [2.24, 2.45) is 4.99 Å². The maximum Gasteiger partial charge on any atom is 0.243 e. The van der Waals surface area contributed by atoms with Gasteiger partial charge in [-0.05, 0) is 50.6 Å². The van der Waals surface area contributed by atoms with E-state index < -0.39 is 10.0 Å². The van der Waals surface area contributed by atoms with E-state index in [-0.39, 0.29) is 34.9 Å². The molecule has 3 aromatic rings. The summed E-state index contributed by atoms with van der Waals surface area (Å²) in [4.78, 5) is 4.87. The second kappa shape index (κ2) is 11.6. The standard InChI is InChI=1S/C21H29N7O2S.HI/c1-5-22-21(24-15-20-26-25-19-8-6-7-13-28(19)20)23-14-17-9-11-18(12-10-17)31(29,30)27(4)16(2)3;/h6-13,16H,5,14-15H2,1-4H3,(H2,22,23,24);1H. The van der Waals surface area contributed by atoms with Crippen molar-refractivity contribution in [2.45, 2.75) is 44.8 Å². The SMILES string of the molecule is CCNC(=NCc1ccc(S(=O)(=O)N(C)C(C)C)cc1)NCc1nnc2ccccn12.I. The number of sulfonamides is 1. The molecule has 174 valence electrons. The van der Waals surface area contributed by atoms with Crippen LogP contribution in [0.1, 0.15) is 32.2 Å². The van der Waals surface area contributed by atoms with Crippen LogP contribution in [-0.4, -0.2) is 52.9 Å². The van der Waals surface area contributed by atoms with Gasteiger partial charge in [-0.1, -0.05) is 18.2 Å². The first-order valence-electron chi connectivity index (χ1n) is 10.2. The van der Waals surface area contributed by atoms with Gasteiger partial charge in [0.25, 0.3) is 0 Å². The second-order valence-corrected chi connectivity index (χ2v) is 9.35. The van der Waals surface area contributed by atoms with Crippen molar-refractivity contribution in [3.05, 3.63) is 60.0 Å². The Labute approximate surface area is 206 Å². The average molecular weight is 571 g/mol. The first kappa shape index (κ1) is 26.0. The van der Waals surface area contributed by atoms with Crippen LogP contribution in [0.5, 0.6) is 0 Å². The third kappa shape index (κ3) is 6.17. The maximum absolute atomic E-state index is 12.6. The number of nitrogens with zero attached hydrogens (tertiary/aromatic N) is 5. The lowest BCUT2D eigenvalue weighted by Crippen LogP contribution is -2.37. The minimum atomic E-state index is -3.49. The van der Waals surface area contributed by atoms with Crippen molar-refractivity contribution in [3.8, 4) is 0 Å². The van der Waals surface area contributed by atoms with E-state index in [0.717, 1.165) is 17.0 Å². The molecule has 0 fully saturated rings. The fraction of sp³-hybridized carbons (Fsp3) is 0.381. The van der Waals surface area contributed by atoms with Gasteiger partial charge >= 0.3 is 0 Å². The molecule has 11 heteroatoms. The van der Waals surface area contributed by atoms with Crippen LogP contribution in [0.4, 0.5) is 0 Å². The van der Waals surface area contributed by atoms with Gasteiger partial charge in [-0.15, -0.1) is 34.2 Å². The third-order valence-electron chi connectivity index (χ3n) is 4.89. The number of aliphatic imine (C=N–C) groups is 1. The molecule has 0 bridgehead atoms. The fourth-order valence-corrected chi connectivity index (χ4v) is 4.26. The zero-order valence-corrected chi connectivity index (χ0v) is 21.8. The molecule has 0 atom stereocenters. The monoisotopic (exact) mass is 571 g/mol. The second-order valence-electron chi connectivity index (χ2n) is 7.35. The molecule has 1 aromatic carbocycles. The largest absolute Gasteiger partial charge is 0.357 e. The summed E-state index contributed by atoms with van der Waals surface area (Å²) in [5.74, 6) is 1.43. The lowest BCUT2D eigenvalue weighted by Gasteiger charge is -2.21. The van der Waals surface area contributed by atoms with Gasteiger partial charge in [0, 0.05) is 25.8 Å². The number of fused-ring (bicyclic) bond motifs is 1. The van der Waals surface area contributed by atoms with Crippen molar-refractivity contribution in [1.82, 2.24) is 29.5 Å². The van der Waals surface area contributed by atoms with Gasteiger partial charge in [0.05, 0.1) is 18.0 Å². The number of halogens is 1. The van der Waals surface area contributed by atoms with Crippen LogP contribution in [0.2, 0.25) is 0 Å². The number of pyridine rings is 1. The first-order chi connectivity index (χ1) is 14.8. The van der Waals surface area contributed by atoms with Crippen LogP contribution in [0, 0.1) is 0 Å². The number of hydrogen-bond acceptors (Lipinski definition) is 5. The Bertz CT molecular complexity index is 1140. The molecular formula is C21H30IN7O2S. The number of hydrogen-bond donors (Lipinski definition) is 2. The Morgan fingerprint density at radius 3 is 2.50 bits per heavy atom. The average Bonchev–Trinajstić information content (AvgIpc) is 3.18. The molecule has 9 nitrogen and oxygen atoms in total. The molecule has 2 N–H and O–H groups in total. The molecule has 0 aliphatic rings. The molecule has 0 amide bonds. The van der Waals surface area contributed by atoms with Crippen LogP contribution >= 0.6 is 24.0 Å². The molecule has 0 spiro atoms. The smallest absolute Gasteiger partial charge is 0.243 e. The highest BCUT2D eigenvalue weighted by molar-refractivity contribution is 14.0. The summed E-state index contributed by atoms with van der Waals surface area (Å²) in [5.41, 5.74) is 1.70. The van der Waals surface area contributed by atoms with Crippen molar-refractivity contribution in [3.63, 3.8) is 0 Å². The fourth-order valence-electron chi connectivity index (χ4n) is 2.90. The van der Waals surface area contributed by atoms with Crippen molar-refractivity contribution in [2.75, 3.05) is 13.6 Å². The van der Waals surface area contributed by atoms with Gasteiger partial charge in [0.15, 0.2) is 17.4 Å². The van der Waals surface area contributed by atoms with Crippen molar-refractivity contribution < 1.29 is 8.42 Å². The summed E-state index contributed by atoms with van der Waals surface area (Å²) in [5, 5.41) is 14.8. The molecule has 0 aliphatic heterocycles. The van der Waals surface area contributed by atoms with Crippen LogP contribution in [0.15, 0.2) is 58.5 Å². The molecule has 2 aromatic heterocycles. The van der Waals surface area contributed by atoms with Crippen LogP contribution < -0.4 is 10.6 Å². The highest BCUT2D eigenvalue weighted by Crippen LogP contribution is 2.17. The molecule has 0 unspecified atom stereocenters. The van der Waals surface area contributed by atoms with Gasteiger partial charge in [0.1, 0.15) is 0 Å². The summed E-state index contributed by atoms with van der Waals surface area (Å²) < 4.78 is 28.5. The lowest BCUT2D eigenvalue weighted by atomic mass is 10.2. The molecule has 3 rings (SSSR count). The van der Waals surface area contributed by atoms with Crippen LogP contribution in [0.25, 0.3) is 5.65 Å². The summed E-state index contributed by atoms with van der Waals surface area (Å²) in [6.45, 7) is 7.28. The molecule has 0 aliphatic carbocycles. The van der Waals surface area contributed by atoms with Gasteiger partial charge in [0.2, 0.25) is 10.0 Å². The summed E-state index contributed by atoms with van der Waals surface area (Å²) in [7, 11) is -1.90. The van der Waals surface area contributed by atoms with Crippen molar-refractivity contribution >= 4 is 45.6 Å². The molecule has 0 saturated heterocycles. The Morgan fingerprint density at radius 1 is 1.12 bits per heavy atom. The van der Waals surface area contributed by atoms with E-state index in [1.54, 1.807) is 31.3 Å². The summed E-state index contributed by atoms with van der Waals surface area (Å²) in [6.07, 6.45) is 1.92. The number of nitrogens with one attached hydrogen (secondary N) is 2. The Hall–Kier alpha value is -2.25. The maximum atomic E-state index is 12.6. The summed E-state index contributed by atoms with van der Waals surface area (Å²) >= 11 is 0. The van der Waals surface area contributed by atoms with Gasteiger partial charge in [-0.3, -0.25) is 4.40 Å². The van der Waals surface area contributed by atoms with E-state index >= 15 is 0 Å². The van der Waals surface area contributed by atoms with Crippen LogP contribution in [-0.2, 0) is 23.1 Å². The van der Waals surface area contributed by atoms with E-state index in [0.29, 0.717) is 25.6 Å². The van der Waals surface area contributed by atoms with Gasteiger partial charge in [-0.25, -0.2) is 13.4 Å². The minimum absolute atomic E-state index is 0. The number of rotatable bonds is 8. The highest BCUT2D eigenvalue weighted by atomic mass is 127. The Balaban J connectivity index is 0.00000363. The van der Waals surface area contributed by atoms with E-state index in [1.165, 1.54) is 4.31 Å². The number of benzene rings is 1. The van der Waals surface area contributed by atoms with E-state index in [9.17, 15) is 8.42 Å². The molecule has 32 heavy (non-hydrogen) atoms. The van der Waals surface area contributed by atoms with Gasteiger partial charge < -0.3 is 10.6 Å². The molecule has 2 heterocycles. The number of guanidine groups is 1. The third-order valence-corrected chi connectivity index (χ3v) is 6.94. The molecular weight excluding hydrogens is 541 g/mol. The quantitative estimate of drug-likeness (QED) is 0.245. The Kier molecular flexibility index (Phi) is 9.40. The van der Waals surface area contributed by atoms with Crippen LogP contribution in [0.3, 0.4) is 0 Å². The lowest BCUT2D eigenvalue weighted by molar-refractivity contribution is 0.410. The zero-order valence-electron chi connectivity index (χ0n) is 18.7. The predicted molar refractivity (Wildman–Crippen MR) is 137 cm³/mol. The van der Waals surface area contributed by atoms with E-state index in [4.69, 9.17) is 0 Å². The van der Waals surface area contributed by atoms with E-state index in [2.05, 4.69) is 25.8 Å². The topological polar surface area (TPSA) is 104 Å². The van der Waals surface area contributed by atoms with Crippen molar-refractivity contribution in [1.29, 1.82) is 0 Å². The van der Waals surface area contributed by atoms with Gasteiger partial charge in [-0.2, -0.15) is 4.31 Å². The first-order valence-corrected chi connectivity index (χ1v) is 11.6. The predicted octanol–water partition coefficient (Wildman–Crippen LogP) is 2.63. The molecule has 0 saturated carbocycles. The normalized spacial score (nSPS) is 12.2. The molecule has 0 radical (unpaired) electrons.